The number of piperazine rings is 1. The van der Waals surface area contributed by atoms with Crippen LogP contribution >= 0.6 is 15.9 Å². The third-order valence-corrected chi connectivity index (χ3v) is 4.12. The van der Waals surface area contributed by atoms with Gasteiger partial charge in [0.15, 0.2) is 0 Å². The van der Waals surface area contributed by atoms with Crippen LogP contribution in [0.4, 0.5) is 5.69 Å². The Kier molecular flexibility index (Phi) is 5.03. The van der Waals surface area contributed by atoms with Gasteiger partial charge in [0.2, 0.25) is 0 Å². The molecule has 1 unspecified atom stereocenters. The highest BCUT2D eigenvalue weighted by Gasteiger charge is 2.19. The molecule has 4 heteroatoms. The summed E-state index contributed by atoms with van der Waals surface area (Å²) in [6, 6.07) is 9.01. The first-order valence-electron chi connectivity index (χ1n) is 6.57. The van der Waals surface area contributed by atoms with Crippen molar-refractivity contribution in [2.24, 2.45) is 0 Å². The first-order chi connectivity index (χ1) is 8.65. The molecule has 0 spiro atoms. The van der Waals surface area contributed by atoms with Gasteiger partial charge in [-0.2, -0.15) is 0 Å². The van der Waals surface area contributed by atoms with Gasteiger partial charge in [-0.1, -0.05) is 22.0 Å². The largest absolute Gasteiger partial charge is 0.384 e. The normalized spacial score (nSPS) is 22.1. The molecule has 18 heavy (non-hydrogen) atoms. The molecule has 1 saturated heterocycles. The summed E-state index contributed by atoms with van der Waals surface area (Å²) in [6.45, 7) is 7.96. The van der Waals surface area contributed by atoms with Gasteiger partial charge in [0, 0.05) is 48.9 Å². The average Bonchev–Trinajstić information content (AvgIpc) is 2.34. The predicted molar refractivity (Wildman–Crippen MR) is 81.2 cm³/mol. The molecule has 0 amide bonds. The minimum atomic E-state index is 0.671. The summed E-state index contributed by atoms with van der Waals surface area (Å²) in [5.41, 5.74) is 1.19. The lowest BCUT2D eigenvalue weighted by atomic mass is 10.2. The maximum Gasteiger partial charge on any atom is 0.0351 e. The maximum atomic E-state index is 3.49. The molecule has 1 fully saturated rings. The fourth-order valence-electron chi connectivity index (χ4n) is 2.28. The van der Waals surface area contributed by atoms with E-state index in [2.05, 4.69) is 63.2 Å². The van der Waals surface area contributed by atoms with Crippen LogP contribution in [0.25, 0.3) is 0 Å². The van der Waals surface area contributed by atoms with Crippen LogP contribution < -0.4 is 5.32 Å². The van der Waals surface area contributed by atoms with E-state index in [0.29, 0.717) is 6.04 Å². The van der Waals surface area contributed by atoms with E-state index in [1.165, 1.54) is 25.3 Å². The zero-order chi connectivity index (χ0) is 13.0. The number of nitrogens with zero attached hydrogens (tertiary/aromatic N) is 2. The Bertz CT molecular complexity index is 383. The van der Waals surface area contributed by atoms with E-state index in [1.54, 1.807) is 0 Å². The lowest BCUT2D eigenvalue weighted by Gasteiger charge is -2.37. The average molecular weight is 312 g/mol. The molecule has 0 bridgehead atoms. The molecule has 2 rings (SSSR count). The number of hydrogen-bond acceptors (Lipinski definition) is 3. The van der Waals surface area contributed by atoms with Crippen LogP contribution in [0.5, 0.6) is 0 Å². The van der Waals surface area contributed by atoms with E-state index in [0.717, 1.165) is 17.6 Å². The van der Waals surface area contributed by atoms with Crippen LogP contribution in [0, 0.1) is 0 Å². The molecule has 0 aliphatic carbocycles. The van der Waals surface area contributed by atoms with Crippen LogP contribution in [-0.4, -0.2) is 55.6 Å². The molecule has 1 heterocycles. The monoisotopic (exact) mass is 311 g/mol. The number of benzene rings is 1. The highest BCUT2D eigenvalue weighted by Crippen LogP contribution is 2.15. The molecule has 1 aliphatic heterocycles. The number of rotatable bonds is 4. The van der Waals surface area contributed by atoms with Crippen LogP contribution in [0.1, 0.15) is 6.92 Å². The van der Waals surface area contributed by atoms with Crippen molar-refractivity contribution >= 4 is 21.6 Å². The minimum absolute atomic E-state index is 0.671. The summed E-state index contributed by atoms with van der Waals surface area (Å²) in [5, 5.41) is 3.47. The molecule has 3 nitrogen and oxygen atoms in total. The van der Waals surface area contributed by atoms with Gasteiger partial charge >= 0.3 is 0 Å². The minimum Gasteiger partial charge on any atom is -0.384 e. The number of nitrogens with one attached hydrogen (secondary N) is 1. The highest BCUT2D eigenvalue weighted by atomic mass is 79.9. The van der Waals surface area contributed by atoms with Crippen molar-refractivity contribution in [1.29, 1.82) is 0 Å². The van der Waals surface area contributed by atoms with Crippen molar-refractivity contribution in [2.75, 3.05) is 45.1 Å². The number of anilines is 1. The maximum absolute atomic E-state index is 3.49. The van der Waals surface area contributed by atoms with E-state index < -0.39 is 0 Å². The summed E-state index contributed by atoms with van der Waals surface area (Å²) >= 11 is 3.49. The van der Waals surface area contributed by atoms with Crippen molar-refractivity contribution in [1.82, 2.24) is 9.80 Å². The van der Waals surface area contributed by atoms with Crippen molar-refractivity contribution in [3.05, 3.63) is 28.7 Å². The fourth-order valence-corrected chi connectivity index (χ4v) is 2.68. The Morgan fingerprint density at radius 3 is 2.94 bits per heavy atom. The van der Waals surface area contributed by atoms with E-state index in [-0.39, 0.29) is 0 Å². The Morgan fingerprint density at radius 2 is 2.22 bits per heavy atom. The van der Waals surface area contributed by atoms with Crippen molar-refractivity contribution in [3.63, 3.8) is 0 Å². The smallest absolute Gasteiger partial charge is 0.0351 e. The standard InChI is InChI=1S/C14H22BrN3/c1-12-11-18(9-8-17(12)2)7-6-16-14-5-3-4-13(15)10-14/h3-5,10,12,16H,6-9,11H2,1-2H3. The quantitative estimate of drug-likeness (QED) is 0.921. The lowest BCUT2D eigenvalue weighted by molar-refractivity contribution is 0.108. The molecule has 1 aromatic rings. The molecule has 100 valence electrons. The molecule has 0 saturated carbocycles. The van der Waals surface area contributed by atoms with Gasteiger partial charge in [-0.05, 0) is 32.2 Å². The molecule has 0 aromatic heterocycles. The molecular formula is C14H22BrN3. The first kappa shape index (κ1) is 13.8. The van der Waals surface area contributed by atoms with Gasteiger partial charge < -0.3 is 10.2 Å². The van der Waals surface area contributed by atoms with Crippen LogP contribution in [-0.2, 0) is 0 Å². The SMILES string of the molecule is CC1CN(CCNc2cccc(Br)c2)CCN1C. The van der Waals surface area contributed by atoms with Gasteiger partial charge in [-0.15, -0.1) is 0 Å². The highest BCUT2D eigenvalue weighted by molar-refractivity contribution is 9.10. The molecule has 1 aromatic carbocycles. The summed E-state index contributed by atoms with van der Waals surface area (Å²) in [5.74, 6) is 0. The van der Waals surface area contributed by atoms with Crippen molar-refractivity contribution in [3.8, 4) is 0 Å². The topological polar surface area (TPSA) is 18.5 Å². The zero-order valence-electron chi connectivity index (χ0n) is 11.2. The summed E-state index contributed by atoms with van der Waals surface area (Å²) < 4.78 is 1.13. The van der Waals surface area contributed by atoms with E-state index >= 15 is 0 Å². The van der Waals surface area contributed by atoms with Gasteiger partial charge in [-0.3, -0.25) is 4.90 Å². The summed E-state index contributed by atoms with van der Waals surface area (Å²) in [6.07, 6.45) is 0. The predicted octanol–water partition coefficient (Wildman–Crippen LogP) is 2.50. The third kappa shape index (κ3) is 3.97. The second-order valence-corrected chi connectivity index (χ2v) is 5.98. The first-order valence-corrected chi connectivity index (χ1v) is 7.36. The van der Waals surface area contributed by atoms with Crippen molar-refractivity contribution in [2.45, 2.75) is 13.0 Å². The summed E-state index contributed by atoms with van der Waals surface area (Å²) in [7, 11) is 2.21. The second-order valence-electron chi connectivity index (χ2n) is 5.07. The fraction of sp³-hybridized carbons (Fsp3) is 0.571. The number of hydrogen-bond donors (Lipinski definition) is 1. The molecule has 1 atom stereocenters. The Balaban J connectivity index is 1.72. The van der Waals surface area contributed by atoms with E-state index in [1.807, 2.05) is 6.07 Å². The Labute approximate surface area is 118 Å². The van der Waals surface area contributed by atoms with Crippen LogP contribution in [0.15, 0.2) is 28.7 Å². The lowest BCUT2D eigenvalue weighted by Crippen LogP contribution is -2.50. The number of halogens is 1. The molecular weight excluding hydrogens is 290 g/mol. The molecule has 1 N–H and O–H groups in total. The van der Waals surface area contributed by atoms with Gasteiger partial charge in [0.1, 0.15) is 0 Å². The van der Waals surface area contributed by atoms with Gasteiger partial charge in [0.05, 0.1) is 0 Å². The molecule has 1 aliphatic rings. The van der Waals surface area contributed by atoms with E-state index in [4.69, 9.17) is 0 Å². The van der Waals surface area contributed by atoms with Gasteiger partial charge in [-0.25, -0.2) is 0 Å². The zero-order valence-corrected chi connectivity index (χ0v) is 12.8. The van der Waals surface area contributed by atoms with E-state index in [9.17, 15) is 0 Å². The Morgan fingerprint density at radius 1 is 1.39 bits per heavy atom. The van der Waals surface area contributed by atoms with Gasteiger partial charge in [0.25, 0.3) is 0 Å². The third-order valence-electron chi connectivity index (χ3n) is 3.63. The van der Waals surface area contributed by atoms with Crippen LogP contribution in [0.3, 0.4) is 0 Å². The second kappa shape index (κ2) is 6.55. The summed E-state index contributed by atoms with van der Waals surface area (Å²) in [4.78, 5) is 4.97. The number of likely N-dealkylation sites (N-methyl/N-ethyl adjacent to an activating group) is 1. The van der Waals surface area contributed by atoms with Crippen molar-refractivity contribution < 1.29 is 0 Å². The Hall–Kier alpha value is -0.580. The molecule has 0 radical (unpaired) electrons. The van der Waals surface area contributed by atoms with Crippen LogP contribution in [0.2, 0.25) is 0 Å².